The largest absolute Gasteiger partial charge is 0.380 e. The minimum Gasteiger partial charge on any atom is -0.380 e. The third-order valence-corrected chi connectivity index (χ3v) is 4.96. The Kier molecular flexibility index (Phi) is 6.02. The first kappa shape index (κ1) is 16.0. The Hall–Kier alpha value is -0.420. The van der Waals surface area contributed by atoms with Crippen molar-refractivity contribution < 1.29 is 4.74 Å². The molecule has 1 saturated heterocycles. The van der Waals surface area contributed by atoms with E-state index in [-0.39, 0.29) is 0 Å². The van der Waals surface area contributed by atoms with Crippen LogP contribution in [0.2, 0.25) is 0 Å². The molecule has 20 heavy (non-hydrogen) atoms. The van der Waals surface area contributed by atoms with Crippen molar-refractivity contribution in [2.45, 2.75) is 46.3 Å². The van der Waals surface area contributed by atoms with Crippen molar-refractivity contribution in [1.29, 1.82) is 0 Å². The molecule has 0 bridgehead atoms. The van der Waals surface area contributed by atoms with E-state index in [1.54, 1.807) is 0 Å². The quantitative estimate of drug-likeness (QED) is 0.837. The average molecular weight is 296 g/mol. The fourth-order valence-electron chi connectivity index (χ4n) is 2.58. The zero-order valence-electron chi connectivity index (χ0n) is 13.2. The number of hydrogen-bond acceptors (Lipinski definition) is 4. The van der Waals surface area contributed by atoms with E-state index in [4.69, 9.17) is 4.74 Å². The molecule has 1 fully saturated rings. The number of likely N-dealkylation sites (N-methyl/N-ethyl adjacent to an activating group) is 1. The third-order valence-electron chi connectivity index (χ3n) is 3.87. The minimum absolute atomic E-state index is 0.594. The molecule has 4 heteroatoms. The number of hydrogen-bond donors (Lipinski definition) is 1. The Balaban J connectivity index is 1.86. The zero-order valence-corrected chi connectivity index (χ0v) is 14.1. The molecule has 0 radical (unpaired) electrons. The molecule has 2 rings (SSSR count). The number of aryl methyl sites for hydroxylation is 1. The van der Waals surface area contributed by atoms with Gasteiger partial charge in [-0.2, -0.15) is 0 Å². The van der Waals surface area contributed by atoms with Crippen molar-refractivity contribution in [1.82, 2.24) is 10.2 Å². The van der Waals surface area contributed by atoms with Crippen molar-refractivity contribution >= 4 is 11.3 Å². The van der Waals surface area contributed by atoms with Crippen LogP contribution in [0.15, 0.2) is 6.07 Å². The van der Waals surface area contributed by atoms with Gasteiger partial charge in [-0.15, -0.1) is 11.3 Å². The second kappa shape index (κ2) is 7.55. The van der Waals surface area contributed by atoms with Crippen LogP contribution in [-0.4, -0.2) is 37.7 Å². The first-order valence-electron chi connectivity index (χ1n) is 7.63. The Bertz CT molecular complexity index is 411. The average Bonchev–Trinajstić information content (AvgIpc) is 3.00. The first-order valence-corrected chi connectivity index (χ1v) is 8.44. The van der Waals surface area contributed by atoms with Crippen LogP contribution in [0.3, 0.4) is 0 Å². The summed E-state index contributed by atoms with van der Waals surface area (Å²) >= 11 is 1.93. The van der Waals surface area contributed by atoms with E-state index < -0.39 is 0 Å². The van der Waals surface area contributed by atoms with Crippen LogP contribution >= 0.6 is 11.3 Å². The lowest BCUT2D eigenvalue weighted by atomic mass is 10.2. The molecule has 1 N–H and O–H groups in total. The Morgan fingerprint density at radius 2 is 2.30 bits per heavy atom. The molecule has 3 nitrogen and oxygen atoms in total. The van der Waals surface area contributed by atoms with Gasteiger partial charge in [0.25, 0.3) is 0 Å². The predicted molar refractivity (Wildman–Crippen MR) is 86.3 cm³/mol. The molecule has 1 aromatic rings. The van der Waals surface area contributed by atoms with E-state index >= 15 is 0 Å². The Morgan fingerprint density at radius 1 is 1.50 bits per heavy atom. The van der Waals surface area contributed by atoms with E-state index in [9.17, 15) is 0 Å². The lowest BCUT2D eigenvalue weighted by molar-refractivity contribution is 0.156. The highest BCUT2D eigenvalue weighted by Gasteiger charge is 2.21. The number of rotatable bonds is 7. The Labute approximate surface area is 127 Å². The molecule has 1 aliphatic rings. The van der Waals surface area contributed by atoms with Crippen molar-refractivity contribution in [3.8, 4) is 0 Å². The van der Waals surface area contributed by atoms with Crippen molar-refractivity contribution in [3.05, 3.63) is 21.4 Å². The molecule has 1 atom stereocenters. The maximum Gasteiger partial charge on any atom is 0.0622 e. The van der Waals surface area contributed by atoms with Gasteiger partial charge in [-0.25, -0.2) is 0 Å². The second-order valence-electron chi connectivity index (χ2n) is 6.25. The maximum absolute atomic E-state index is 5.48. The lowest BCUT2D eigenvalue weighted by Crippen LogP contribution is -2.31. The van der Waals surface area contributed by atoms with E-state index in [1.807, 2.05) is 11.3 Å². The van der Waals surface area contributed by atoms with Gasteiger partial charge < -0.3 is 10.1 Å². The number of nitrogens with zero attached hydrogens (tertiary/aromatic N) is 1. The predicted octanol–water partition coefficient (Wildman–Crippen LogP) is 3.02. The van der Waals surface area contributed by atoms with E-state index in [0.717, 1.165) is 32.8 Å². The van der Waals surface area contributed by atoms with Crippen molar-refractivity contribution in [2.75, 3.05) is 26.8 Å². The van der Waals surface area contributed by atoms with Crippen LogP contribution in [0, 0.1) is 12.8 Å². The highest BCUT2D eigenvalue weighted by Crippen LogP contribution is 2.24. The van der Waals surface area contributed by atoms with Crippen LogP contribution in [-0.2, 0) is 17.8 Å². The standard InChI is InChI=1S/C16H28N2OS/c1-12(2)8-17-9-16-7-14(13(3)20-16)10-18(4)15-5-6-19-11-15/h7,12,15,17H,5-6,8-11H2,1-4H3. The lowest BCUT2D eigenvalue weighted by Gasteiger charge is -2.22. The summed E-state index contributed by atoms with van der Waals surface area (Å²) in [5.74, 6) is 0.712. The topological polar surface area (TPSA) is 24.5 Å². The van der Waals surface area contributed by atoms with Gasteiger partial charge >= 0.3 is 0 Å². The summed E-state index contributed by atoms with van der Waals surface area (Å²) in [6.45, 7) is 11.7. The molecular weight excluding hydrogens is 268 g/mol. The van der Waals surface area contributed by atoms with Crippen LogP contribution in [0.5, 0.6) is 0 Å². The van der Waals surface area contributed by atoms with E-state index in [2.05, 4.69) is 44.1 Å². The van der Waals surface area contributed by atoms with Gasteiger partial charge in [0.2, 0.25) is 0 Å². The van der Waals surface area contributed by atoms with Gasteiger partial charge in [-0.05, 0) is 44.5 Å². The molecule has 0 amide bonds. The normalized spacial score (nSPS) is 19.4. The van der Waals surface area contributed by atoms with Crippen molar-refractivity contribution in [2.24, 2.45) is 5.92 Å². The number of nitrogens with one attached hydrogen (secondary N) is 1. The first-order chi connectivity index (χ1) is 9.56. The van der Waals surface area contributed by atoms with Crippen LogP contribution in [0.25, 0.3) is 0 Å². The fourth-order valence-corrected chi connectivity index (χ4v) is 3.61. The summed E-state index contributed by atoms with van der Waals surface area (Å²) in [6, 6.07) is 2.97. The summed E-state index contributed by atoms with van der Waals surface area (Å²) in [5.41, 5.74) is 1.48. The molecule has 0 saturated carbocycles. The molecule has 1 aromatic heterocycles. The molecule has 114 valence electrons. The zero-order chi connectivity index (χ0) is 14.5. The molecule has 0 aliphatic carbocycles. The van der Waals surface area contributed by atoms with Crippen LogP contribution in [0.4, 0.5) is 0 Å². The summed E-state index contributed by atoms with van der Waals surface area (Å²) in [4.78, 5) is 5.35. The number of ether oxygens (including phenoxy) is 1. The van der Waals surface area contributed by atoms with Crippen LogP contribution in [0.1, 0.15) is 35.6 Å². The smallest absolute Gasteiger partial charge is 0.0622 e. The minimum atomic E-state index is 0.594. The highest BCUT2D eigenvalue weighted by molar-refractivity contribution is 7.12. The monoisotopic (exact) mass is 296 g/mol. The third kappa shape index (κ3) is 4.55. The van der Waals surface area contributed by atoms with Gasteiger partial charge in [0.05, 0.1) is 6.61 Å². The molecule has 2 heterocycles. The second-order valence-corrected chi connectivity index (χ2v) is 7.59. The molecule has 0 spiro atoms. The summed E-state index contributed by atoms with van der Waals surface area (Å²) in [6.07, 6.45) is 1.17. The van der Waals surface area contributed by atoms with Crippen molar-refractivity contribution in [3.63, 3.8) is 0 Å². The summed E-state index contributed by atoms with van der Waals surface area (Å²) in [7, 11) is 2.22. The molecule has 1 aliphatic heterocycles. The van der Waals surface area contributed by atoms with E-state index in [0.29, 0.717) is 12.0 Å². The SMILES string of the molecule is Cc1sc(CNCC(C)C)cc1CN(C)C1CCOC1. The molecule has 0 aromatic carbocycles. The van der Waals surface area contributed by atoms with Gasteiger partial charge in [0, 0.05) is 35.5 Å². The molecular formula is C16H28N2OS. The van der Waals surface area contributed by atoms with Gasteiger partial charge in [0.1, 0.15) is 0 Å². The Morgan fingerprint density at radius 3 is 2.95 bits per heavy atom. The fraction of sp³-hybridized carbons (Fsp3) is 0.750. The van der Waals surface area contributed by atoms with Gasteiger partial charge in [0.15, 0.2) is 0 Å². The maximum atomic E-state index is 5.48. The van der Waals surface area contributed by atoms with Gasteiger partial charge in [-0.1, -0.05) is 13.8 Å². The highest BCUT2D eigenvalue weighted by atomic mass is 32.1. The number of thiophene rings is 1. The van der Waals surface area contributed by atoms with E-state index in [1.165, 1.54) is 21.7 Å². The van der Waals surface area contributed by atoms with Crippen LogP contribution < -0.4 is 5.32 Å². The van der Waals surface area contributed by atoms with Gasteiger partial charge in [-0.3, -0.25) is 4.90 Å². The summed E-state index contributed by atoms with van der Waals surface area (Å²) < 4.78 is 5.48. The summed E-state index contributed by atoms with van der Waals surface area (Å²) in [5, 5.41) is 3.53. The molecule has 1 unspecified atom stereocenters.